The Morgan fingerprint density at radius 1 is 1.50 bits per heavy atom. The Balaban J connectivity index is 2.14. The maximum atomic E-state index is 11.4. The molecule has 1 aromatic heterocycles. The van der Waals surface area contributed by atoms with Crippen LogP contribution < -0.4 is 5.32 Å². The third-order valence-corrected chi connectivity index (χ3v) is 3.99. The highest BCUT2D eigenvalue weighted by atomic mass is 16.4. The zero-order valence-corrected chi connectivity index (χ0v) is 12.4. The maximum absolute atomic E-state index is 11.4. The number of carbonyl (C=O) groups is 1. The number of hydrogen-bond acceptors (Lipinski definition) is 4. The Hall–Kier alpha value is -1.62. The van der Waals surface area contributed by atoms with Gasteiger partial charge in [-0.15, -0.1) is 0 Å². The van der Waals surface area contributed by atoms with E-state index in [1.54, 1.807) is 6.92 Å². The second-order valence-corrected chi connectivity index (χ2v) is 5.59. The number of aromatic nitrogens is 1. The molecule has 0 bridgehead atoms. The van der Waals surface area contributed by atoms with E-state index in [0.717, 1.165) is 25.2 Å². The average Bonchev–Trinajstić information content (AvgIpc) is 2.36. The van der Waals surface area contributed by atoms with E-state index in [2.05, 4.69) is 22.2 Å². The first-order valence-electron chi connectivity index (χ1n) is 7.14. The lowest BCUT2D eigenvalue weighted by Crippen LogP contribution is -2.41. The highest BCUT2D eigenvalue weighted by Gasteiger charge is 2.20. The number of nitrogens with one attached hydrogen (secondary N) is 1. The van der Waals surface area contributed by atoms with Crippen LogP contribution in [-0.2, 0) is 0 Å². The normalized spacial score (nSPS) is 19.9. The van der Waals surface area contributed by atoms with E-state index in [9.17, 15) is 9.90 Å². The topological polar surface area (TPSA) is 65.5 Å². The van der Waals surface area contributed by atoms with Crippen molar-refractivity contribution in [3.8, 4) is 0 Å². The lowest BCUT2D eigenvalue weighted by atomic mass is 10.0. The van der Waals surface area contributed by atoms with Gasteiger partial charge in [-0.2, -0.15) is 0 Å². The fourth-order valence-corrected chi connectivity index (χ4v) is 2.87. The summed E-state index contributed by atoms with van der Waals surface area (Å²) < 4.78 is 0. The molecule has 0 aromatic carbocycles. The number of carboxylic acids is 1. The number of anilines is 1. The molecule has 1 aliphatic heterocycles. The Morgan fingerprint density at radius 2 is 2.25 bits per heavy atom. The van der Waals surface area contributed by atoms with Crippen molar-refractivity contribution in [3.63, 3.8) is 0 Å². The van der Waals surface area contributed by atoms with Gasteiger partial charge >= 0.3 is 5.97 Å². The number of aromatic carboxylic acids is 1. The number of rotatable bonds is 4. The van der Waals surface area contributed by atoms with Crippen molar-refractivity contribution in [1.29, 1.82) is 0 Å². The van der Waals surface area contributed by atoms with Gasteiger partial charge < -0.3 is 15.3 Å². The zero-order chi connectivity index (χ0) is 14.7. The second kappa shape index (κ2) is 6.22. The first-order chi connectivity index (χ1) is 9.49. The standard InChI is InChI=1S/C15H23N3O2/c1-10-8-13(14(15(19)20)11(2)17-10)16-9-12-6-4-5-7-18(12)3/h8,12H,4-7,9H2,1-3H3,(H,16,17)(H,19,20). The molecule has 0 radical (unpaired) electrons. The van der Waals surface area contributed by atoms with E-state index in [0.29, 0.717) is 17.4 Å². The van der Waals surface area contributed by atoms with Crippen LogP contribution in [0.25, 0.3) is 0 Å². The van der Waals surface area contributed by atoms with Gasteiger partial charge in [0, 0.05) is 18.3 Å². The van der Waals surface area contributed by atoms with E-state index in [1.165, 1.54) is 12.8 Å². The molecule has 2 heterocycles. The van der Waals surface area contributed by atoms with Gasteiger partial charge in [0.15, 0.2) is 0 Å². The van der Waals surface area contributed by atoms with Gasteiger partial charge in [-0.25, -0.2) is 4.79 Å². The average molecular weight is 277 g/mol. The maximum Gasteiger partial charge on any atom is 0.339 e. The summed E-state index contributed by atoms with van der Waals surface area (Å²) in [6.45, 7) is 5.52. The summed E-state index contributed by atoms with van der Waals surface area (Å²) in [7, 11) is 2.13. The molecule has 5 nitrogen and oxygen atoms in total. The number of likely N-dealkylation sites (tertiary alicyclic amines) is 1. The Morgan fingerprint density at radius 3 is 2.90 bits per heavy atom. The third kappa shape index (κ3) is 3.28. The Bertz CT molecular complexity index is 502. The van der Waals surface area contributed by atoms with Crippen molar-refractivity contribution in [3.05, 3.63) is 23.0 Å². The number of hydrogen-bond donors (Lipinski definition) is 2. The molecule has 1 aromatic rings. The predicted molar refractivity (Wildman–Crippen MR) is 79.4 cm³/mol. The molecule has 1 unspecified atom stereocenters. The summed E-state index contributed by atoms with van der Waals surface area (Å²) in [6, 6.07) is 2.29. The van der Waals surface area contributed by atoms with Crippen LogP contribution in [0.4, 0.5) is 5.69 Å². The van der Waals surface area contributed by atoms with Gasteiger partial charge in [-0.05, 0) is 46.3 Å². The SMILES string of the molecule is Cc1cc(NCC2CCCCN2C)c(C(=O)O)c(C)n1. The molecule has 20 heavy (non-hydrogen) atoms. The molecule has 1 fully saturated rings. The number of pyridine rings is 1. The monoisotopic (exact) mass is 277 g/mol. The first-order valence-corrected chi connectivity index (χ1v) is 7.14. The van der Waals surface area contributed by atoms with Gasteiger partial charge in [0.05, 0.1) is 11.4 Å². The molecule has 2 rings (SSSR count). The number of likely N-dealkylation sites (N-methyl/N-ethyl adjacent to an activating group) is 1. The van der Waals surface area contributed by atoms with E-state index in [4.69, 9.17) is 0 Å². The summed E-state index contributed by atoms with van der Waals surface area (Å²) in [4.78, 5) is 18.0. The molecule has 0 amide bonds. The number of carboxylic acid groups (broad SMARTS) is 1. The third-order valence-electron chi connectivity index (χ3n) is 3.99. The van der Waals surface area contributed by atoms with E-state index < -0.39 is 5.97 Å². The summed E-state index contributed by atoms with van der Waals surface area (Å²) >= 11 is 0. The first kappa shape index (κ1) is 14.8. The van der Waals surface area contributed by atoms with Crippen LogP contribution in [-0.4, -0.2) is 47.1 Å². The van der Waals surface area contributed by atoms with E-state index >= 15 is 0 Å². The fourth-order valence-electron chi connectivity index (χ4n) is 2.87. The molecule has 110 valence electrons. The summed E-state index contributed by atoms with van der Waals surface area (Å²) in [5.41, 5.74) is 2.37. The zero-order valence-electron chi connectivity index (χ0n) is 12.4. The molecule has 2 N–H and O–H groups in total. The minimum atomic E-state index is -0.922. The molecule has 5 heteroatoms. The highest BCUT2D eigenvalue weighted by Crippen LogP contribution is 2.21. The van der Waals surface area contributed by atoms with E-state index in [-0.39, 0.29) is 5.56 Å². The van der Waals surface area contributed by atoms with E-state index in [1.807, 2.05) is 13.0 Å². The van der Waals surface area contributed by atoms with Crippen molar-refractivity contribution in [1.82, 2.24) is 9.88 Å². The van der Waals surface area contributed by atoms with Crippen molar-refractivity contribution < 1.29 is 9.90 Å². The molecule has 1 saturated heterocycles. The van der Waals surface area contributed by atoms with Gasteiger partial charge in [0.25, 0.3) is 0 Å². The minimum absolute atomic E-state index is 0.286. The number of aryl methyl sites for hydroxylation is 2. The second-order valence-electron chi connectivity index (χ2n) is 5.59. The largest absolute Gasteiger partial charge is 0.478 e. The number of piperidine rings is 1. The quantitative estimate of drug-likeness (QED) is 0.884. The van der Waals surface area contributed by atoms with Gasteiger partial charge in [-0.3, -0.25) is 4.98 Å². The summed E-state index contributed by atoms with van der Waals surface area (Å²) in [6.07, 6.45) is 3.66. The molecule has 0 aliphatic carbocycles. The lowest BCUT2D eigenvalue weighted by molar-refractivity contribution is 0.0696. The van der Waals surface area contributed by atoms with Gasteiger partial charge in [0.1, 0.15) is 5.56 Å². The van der Waals surface area contributed by atoms with Crippen LogP contribution in [0.3, 0.4) is 0 Å². The van der Waals surface area contributed by atoms with Crippen molar-refractivity contribution >= 4 is 11.7 Å². The molecular formula is C15H23N3O2. The van der Waals surface area contributed by atoms with Crippen LogP contribution in [0.15, 0.2) is 6.07 Å². The lowest BCUT2D eigenvalue weighted by Gasteiger charge is -2.33. The van der Waals surface area contributed by atoms with Crippen LogP contribution in [0, 0.1) is 13.8 Å². The molecular weight excluding hydrogens is 254 g/mol. The van der Waals surface area contributed by atoms with Crippen molar-refractivity contribution in [2.45, 2.75) is 39.2 Å². The Kier molecular flexibility index (Phi) is 4.60. The number of nitrogens with zero attached hydrogens (tertiary/aromatic N) is 2. The Labute approximate surface area is 120 Å². The van der Waals surface area contributed by atoms with Crippen molar-refractivity contribution in [2.24, 2.45) is 0 Å². The predicted octanol–water partition coefficient (Wildman–Crippen LogP) is 2.29. The van der Waals surface area contributed by atoms with Crippen molar-refractivity contribution in [2.75, 3.05) is 25.5 Å². The fraction of sp³-hybridized carbons (Fsp3) is 0.600. The molecule has 1 aliphatic rings. The highest BCUT2D eigenvalue weighted by molar-refractivity contribution is 5.95. The van der Waals surface area contributed by atoms with Crippen LogP contribution in [0.2, 0.25) is 0 Å². The van der Waals surface area contributed by atoms with Crippen LogP contribution >= 0.6 is 0 Å². The smallest absolute Gasteiger partial charge is 0.339 e. The van der Waals surface area contributed by atoms with Gasteiger partial charge in [0.2, 0.25) is 0 Å². The molecule has 1 atom stereocenters. The minimum Gasteiger partial charge on any atom is -0.478 e. The molecule has 0 spiro atoms. The van der Waals surface area contributed by atoms with Gasteiger partial charge in [-0.1, -0.05) is 6.42 Å². The van der Waals surface area contributed by atoms with Crippen LogP contribution in [0.5, 0.6) is 0 Å². The molecule has 0 saturated carbocycles. The van der Waals surface area contributed by atoms with Crippen LogP contribution in [0.1, 0.15) is 41.0 Å². The summed E-state index contributed by atoms with van der Waals surface area (Å²) in [5.74, 6) is -0.922. The summed E-state index contributed by atoms with van der Waals surface area (Å²) in [5, 5.41) is 12.6.